The Labute approximate surface area is 111 Å². The minimum atomic E-state index is 0.285. The van der Waals surface area contributed by atoms with Crippen LogP contribution in [0.3, 0.4) is 0 Å². The van der Waals surface area contributed by atoms with Crippen LogP contribution in [0.4, 0.5) is 5.82 Å². The van der Waals surface area contributed by atoms with Crippen molar-refractivity contribution in [3.63, 3.8) is 0 Å². The van der Waals surface area contributed by atoms with Crippen molar-refractivity contribution in [3.8, 4) is 17.6 Å². The lowest BCUT2D eigenvalue weighted by Gasteiger charge is -2.10. The van der Waals surface area contributed by atoms with Crippen molar-refractivity contribution < 1.29 is 9.47 Å². The first-order valence-electron chi connectivity index (χ1n) is 5.65. The summed E-state index contributed by atoms with van der Waals surface area (Å²) >= 11 is 0. The first-order valence-corrected chi connectivity index (χ1v) is 5.65. The van der Waals surface area contributed by atoms with Crippen molar-refractivity contribution in [2.45, 2.75) is 6.61 Å². The van der Waals surface area contributed by atoms with Crippen LogP contribution in [0.5, 0.6) is 11.5 Å². The van der Waals surface area contributed by atoms with Gasteiger partial charge in [-0.15, -0.1) is 0 Å². The second-order valence-electron chi connectivity index (χ2n) is 3.82. The highest BCUT2D eigenvalue weighted by atomic mass is 16.5. The number of hydrogen-bond acceptors (Lipinski definition) is 5. The molecule has 2 N–H and O–H groups in total. The van der Waals surface area contributed by atoms with Crippen molar-refractivity contribution in [2.24, 2.45) is 0 Å². The Morgan fingerprint density at radius 1 is 1.26 bits per heavy atom. The molecule has 0 unspecified atom stereocenters. The first-order chi connectivity index (χ1) is 9.22. The average Bonchev–Trinajstić information content (AvgIpc) is 2.45. The van der Waals surface area contributed by atoms with E-state index in [4.69, 9.17) is 20.5 Å². The van der Waals surface area contributed by atoms with Crippen molar-refractivity contribution in [3.05, 3.63) is 47.7 Å². The number of methoxy groups -OCH3 is 1. The number of nitrogen functional groups attached to an aromatic ring is 1. The zero-order valence-corrected chi connectivity index (χ0v) is 10.5. The number of pyridine rings is 1. The Bertz CT molecular complexity index is 620. The van der Waals surface area contributed by atoms with E-state index >= 15 is 0 Å². The first kappa shape index (κ1) is 12.7. The van der Waals surface area contributed by atoms with Crippen LogP contribution in [0, 0.1) is 11.3 Å². The highest BCUT2D eigenvalue weighted by molar-refractivity contribution is 5.46. The molecule has 19 heavy (non-hydrogen) atoms. The molecule has 0 amide bonds. The van der Waals surface area contributed by atoms with Gasteiger partial charge in [0.05, 0.1) is 24.4 Å². The van der Waals surface area contributed by atoms with Gasteiger partial charge in [0.25, 0.3) is 0 Å². The number of ether oxygens (including phenoxy) is 2. The summed E-state index contributed by atoms with van der Waals surface area (Å²) in [5.74, 6) is 1.53. The predicted molar refractivity (Wildman–Crippen MR) is 70.7 cm³/mol. The molecule has 0 spiro atoms. The summed E-state index contributed by atoms with van der Waals surface area (Å²) in [4.78, 5) is 4.14. The van der Waals surface area contributed by atoms with E-state index in [0.29, 0.717) is 22.9 Å². The van der Waals surface area contributed by atoms with Gasteiger partial charge in [-0.3, -0.25) is 0 Å². The van der Waals surface area contributed by atoms with Crippen LogP contribution >= 0.6 is 0 Å². The number of nitrogens with two attached hydrogens (primary N) is 1. The summed E-state index contributed by atoms with van der Waals surface area (Å²) in [5.41, 5.74) is 6.84. The third kappa shape index (κ3) is 3.13. The fraction of sp³-hybridized carbons (Fsp3) is 0.143. The molecule has 0 atom stereocenters. The monoisotopic (exact) mass is 255 g/mol. The van der Waals surface area contributed by atoms with E-state index in [1.807, 2.05) is 18.2 Å². The quantitative estimate of drug-likeness (QED) is 0.905. The number of hydrogen-bond donors (Lipinski definition) is 1. The second kappa shape index (κ2) is 5.74. The molecule has 0 saturated heterocycles. The molecule has 96 valence electrons. The Hall–Kier alpha value is -2.74. The molecular formula is C14H13N3O2. The van der Waals surface area contributed by atoms with E-state index in [1.54, 1.807) is 24.3 Å². The van der Waals surface area contributed by atoms with Gasteiger partial charge >= 0.3 is 0 Å². The van der Waals surface area contributed by atoms with Gasteiger partial charge < -0.3 is 15.2 Å². The van der Waals surface area contributed by atoms with Gasteiger partial charge in [-0.05, 0) is 24.3 Å². The van der Waals surface area contributed by atoms with Crippen molar-refractivity contribution >= 4 is 5.82 Å². The van der Waals surface area contributed by atoms with E-state index in [2.05, 4.69) is 4.98 Å². The lowest BCUT2D eigenvalue weighted by atomic mass is 10.2. The lowest BCUT2D eigenvalue weighted by Crippen LogP contribution is -2.01. The Morgan fingerprint density at radius 3 is 2.79 bits per heavy atom. The molecule has 1 aromatic carbocycles. The van der Waals surface area contributed by atoms with Crippen LogP contribution in [-0.2, 0) is 6.61 Å². The van der Waals surface area contributed by atoms with Crippen LogP contribution in [-0.4, -0.2) is 12.1 Å². The van der Waals surface area contributed by atoms with Crippen molar-refractivity contribution in [1.82, 2.24) is 4.98 Å². The fourth-order valence-electron chi connectivity index (χ4n) is 1.59. The third-order valence-electron chi connectivity index (χ3n) is 2.50. The van der Waals surface area contributed by atoms with Gasteiger partial charge in [0.15, 0.2) is 11.5 Å². The van der Waals surface area contributed by atoms with E-state index in [9.17, 15) is 0 Å². The zero-order valence-electron chi connectivity index (χ0n) is 10.5. The molecule has 1 heterocycles. The standard InChI is InChI=1S/C14H13N3O2/c1-18-13-7-10(8-15)5-6-12(13)19-9-11-3-2-4-14(16)17-11/h2-7H,9H2,1H3,(H2,16,17). The van der Waals surface area contributed by atoms with Crippen LogP contribution in [0.2, 0.25) is 0 Å². The number of rotatable bonds is 4. The molecule has 0 aliphatic rings. The van der Waals surface area contributed by atoms with Gasteiger partial charge in [-0.1, -0.05) is 6.07 Å². The van der Waals surface area contributed by atoms with Crippen LogP contribution in [0.15, 0.2) is 36.4 Å². The summed E-state index contributed by atoms with van der Waals surface area (Å²) in [6.07, 6.45) is 0. The molecule has 0 bridgehead atoms. The number of nitrogens with zero attached hydrogens (tertiary/aromatic N) is 2. The van der Waals surface area contributed by atoms with Gasteiger partial charge in [-0.25, -0.2) is 4.98 Å². The molecule has 0 aliphatic heterocycles. The molecule has 0 saturated carbocycles. The molecular weight excluding hydrogens is 242 g/mol. The molecule has 0 aliphatic carbocycles. The van der Waals surface area contributed by atoms with Crippen LogP contribution in [0.25, 0.3) is 0 Å². The molecule has 0 fully saturated rings. The van der Waals surface area contributed by atoms with E-state index in [0.717, 1.165) is 5.69 Å². The van der Waals surface area contributed by atoms with Gasteiger partial charge in [-0.2, -0.15) is 5.26 Å². The van der Waals surface area contributed by atoms with E-state index in [-0.39, 0.29) is 6.61 Å². The number of anilines is 1. The second-order valence-corrected chi connectivity index (χ2v) is 3.82. The maximum absolute atomic E-state index is 8.82. The molecule has 2 rings (SSSR count). The zero-order chi connectivity index (χ0) is 13.7. The number of nitriles is 1. The molecule has 2 aromatic rings. The summed E-state index contributed by atoms with van der Waals surface area (Å²) in [6.45, 7) is 0.285. The molecule has 0 radical (unpaired) electrons. The smallest absolute Gasteiger partial charge is 0.162 e. The topological polar surface area (TPSA) is 81.2 Å². The van der Waals surface area contributed by atoms with Gasteiger partial charge in [0.1, 0.15) is 12.4 Å². The number of benzene rings is 1. The maximum Gasteiger partial charge on any atom is 0.162 e. The minimum Gasteiger partial charge on any atom is -0.493 e. The average molecular weight is 255 g/mol. The fourth-order valence-corrected chi connectivity index (χ4v) is 1.59. The van der Waals surface area contributed by atoms with Crippen LogP contribution in [0.1, 0.15) is 11.3 Å². The molecule has 1 aromatic heterocycles. The highest BCUT2D eigenvalue weighted by Gasteiger charge is 2.06. The summed E-state index contributed by atoms with van der Waals surface area (Å²) in [6, 6.07) is 12.4. The Morgan fingerprint density at radius 2 is 2.11 bits per heavy atom. The number of aromatic nitrogens is 1. The Balaban J connectivity index is 2.13. The maximum atomic E-state index is 8.82. The van der Waals surface area contributed by atoms with Gasteiger partial charge in [0.2, 0.25) is 0 Å². The van der Waals surface area contributed by atoms with Gasteiger partial charge in [0, 0.05) is 6.07 Å². The highest BCUT2D eigenvalue weighted by Crippen LogP contribution is 2.28. The van der Waals surface area contributed by atoms with Crippen molar-refractivity contribution in [2.75, 3.05) is 12.8 Å². The summed E-state index contributed by atoms with van der Waals surface area (Å²) in [7, 11) is 1.53. The summed E-state index contributed by atoms with van der Waals surface area (Å²) < 4.78 is 10.8. The molecule has 5 nitrogen and oxygen atoms in total. The minimum absolute atomic E-state index is 0.285. The lowest BCUT2D eigenvalue weighted by molar-refractivity contribution is 0.281. The molecule has 5 heteroatoms. The normalized spacial score (nSPS) is 9.68. The van der Waals surface area contributed by atoms with Crippen LogP contribution < -0.4 is 15.2 Å². The van der Waals surface area contributed by atoms with Crippen molar-refractivity contribution in [1.29, 1.82) is 5.26 Å². The van der Waals surface area contributed by atoms with E-state index in [1.165, 1.54) is 7.11 Å². The Kier molecular flexibility index (Phi) is 3.84. The predicted octanol–water partition coefficient (Wildman–Crippen LogP) is 2.12. The summed E-state index contributed by atoms with van der Waals surface area (Å²) in [5, 5.41) is 8.82. The SMILES string of the molecule is COc1cc(C#N)ccc1OCc1cccc(N)n1. The third-order valence-corrected chi connectivity index (χ3v) is 2.50. The van der Waals surface area contributed by atoms with E-state index < -0.39 is 0 Å². The largest absolute Gasteiger partial charge is 0.493 e.